The Balaban J connectivity index is 1.52. The Morgan fingerprint density at radius 2 is 1.97 bits per heavy atom. The SMILES string of the molecule is COc1cc(/C=N\NC(=O)CNC(=O)c2ccc3c(c2)OCO3)cc(Br)c1OC. The minimum atomic E-state index is -0.477. The fraction of sp³-hybridized carbons (Fsp3) is 0.211. The number of ether oxygens (including phenoxy) is 4. The van der Waals surface area contributed by atoms with E-state index in [1.165, 1.54) is 20.4 Å². The van der Waals surface area contributed by atoms with E-state index < -0.39 is 11.8 Å². The highest BCUT2D eigenvalue weighted by molar-refractivity contribution is 9.10. The smallest absolute Gasteiger partial charge is 0.259 e. The van der Waals surface area contributed by atoms with E-state index in [1.54, 1.807) is 30.3 Å². The molecule has 3 rings (SSSR count). The molecule has 9 nitrogen and oxygen atoms in total. The summed E-state index contributed by atoms with van der Waals surface area (Å²) in [6, 6.07) is 8.26. The van der Waals surface area contributed by atoms with Gasteiger partial charge in [0, 0.05) is 5.56 Å². The number of hydrazone groups is 1. The first-order valence-corrected chi connectivity index (χ1v) is 9.22. The van der Waals surface area contributed by atoms with Gasteiger partial charge in [0.2, 0.25) is 6.79 Å². The summed E-state index contributed by atoms with van der Waals surface area (Å²) in [5, 5.41) is 6.40. The van der Waals surface area contributed by atoms with Gasteiger partial charge in [-0.25, -0.2) is 5.43 Å². The van der Waals surface area contributed by atoms with Gasteiger partial charge in [-0.05, 0) is 51.8 Å². The Kier molecular flexibility index (Phi) is 6.55. The van der Waals surface area contributed by atoms with Crippen LogP contribution < -0.4 is 29.7 Å². The van der Waals surface area contributed by atoms with E-state index >= 15 is 0 Å². The molecule has 2 aromatic rings. The van der Waals surface area contributed by atoms with Crippen molar-refractivity contribution in [3.8, 4) is 23.0 Å². The zero-order valence-electron chi connectivity index (χ0n) is 15.7. The van der Waals surface area contributed by atoms with Crippen molar-refractivity contribution in [2.75, 3.05) is 27.6 Å². The quantitative estimate of drug-likeness (QED) is 0.480. The van der Waals surface area contributed by atoms with Crippen molar-refractivity contribution in [1.29, 1.82) is 0 Å². The summed E-state index contributed by atoms with van der Waals surface area (Å²) in [5.74, 6) is 1.26. The second-order valence-corrected chi connectivity index (χ2v) is 6.64. The molecule has 0 radical (unpaired) electrons. The minimum absolute atomic E-state index is 0.122. The van der Waals surface area contributed by atoms with Crippen LogP contribution in [0.4, 0.5) is 0 Å². The molecule has 0 unspecified atom stereocenters. The first kappa shape index (κ1) is 20.5. The number of methoxy groups -OCH3 is 2. The number of nitrogens with one attached hydrogen (secondary N) is 2. The number of halogens is 1. The molecule has 0 aliphatic carbocycles. The Morgan fingerprint density at radius 1 is 1.17 bits per heavy atom. The van der Waals surface area contributed by atoms with Crippen molar-refractivity contribution in [2.24, 2.45) is 5.10 Å². The van der Waals surface area contributed by atoms with E-state index in [4.69, 9.17) is 18.9 Å². The van der Waals surface area contributed by atoms with Gasteiger partial charge >= 0.3 is 0 Å². The van der Waals surface area contributed by atoms with Crippen molar-refractivity contribution < 1.29 is 28.5 Å². The number of carbonyl (C=O) groups is 2. The van der Waals surface area contributed by atoms with Crippen LogP contribution in [0, 0.1) is 0 Å². The normalized spacial score (nSPS) is 12.0. The van der Waals surface area contributed by atoms with Crippen molar-refractivity contribution in [3.05, 3.63) is 45.9 Å². The zero-order valence-corrected chi connectivity index (χ0v) is 17.2. The molecule has 29 heavy (non-hydrogen) atoms. The molecule has 10 heteroatoms. The number of fused-ring (bicyclic) bond motifs is 1. The summed E-state index contributed by atoms with van der Waals surface area (Å²) in [7, 11) is 3.06. The Labute approximate surface area is 175 Å². The highest BCUT2D eigenvalue weighted by atomic mass is 79.9. The molecular formula is C19H18BrN3O6. The van der Waals surface area contributed by atoms with Gasteiger partial charge in [-0.3, -0.25) is 9.59 Å². The average molecular weight is 464 g/mol. The maximum atomic E-state index is 12.2. The van der Waals surface area contributed by atoms with E-state index in [0.29, 0.717) is 38.6 Å². The lowest BCUT2D eigenvalue weighted by molar-refractivity contribution is -0.120. The van der Waals surface area contributed by atoms with Crippen LogP contribution in [0.5, 0.6) is 23.0 Å². The highest BCUT2D eigenvalue weighted by Crippen LogP contribution is 2.35. The first-order valence-electron chi connectivity index (χ1n) is 8.43. The van der Waals surface area contributed by atoms with Crippen molar-refractivity contribution in [1.82, 2.24) is 10.7 Å². The van der Waals surface area contributed by atoms with Gasteiger partial charge in [0.1, 0.15) is 0 Å². The fourth-order valence-corrected chi connectivity index (χ4v) is 3.15. The molecule has 0 fully saturated rings. The van der Waals surface area contributed by atoms with Gasteiger partial charge < -0.3 is 24.3 Å². The molecular weight excluding hydrogens is 446 g/mol. The molecule has 0 atom stereocenters. The van der Waals surface area contributed by atoms with Crippen molar-refractivity contribution in [2.45, 2.75) is 0 Å². The molecule has 2 N–H and O–H groups in total. The van der Waals surface area contributed by atoms with Gasteiger partial charge in [-0.15, -0.1) is 0 Å². The molecule has 0 aromatic heterocycles. The van der Waals surface area contributed by atoms with E-state index in [9.17, 15) is 9.59 Å². The summed E-state index contributed by atoms with van der Waals surface area (Å²) >= 11 is 3.38. The molecule has 0 saturated carbocycles. The molecule has 152 valence electrons. The maximum absolute atomic E-state index is 12.2. The van der Waals surface area contributed by atoms with Gasteiger partial charge in [0.15, 0.2) is 23.0 Å². The van der Waals surface area contributed by atoms with Crippen LogP contribution >= 0.6 is 15.9 Å². The largest absolute Gasteiger partial charge is 0.493 e. The molecule has 0 bridgehead atoms. The Bertz CT molecular complexity index is 963. The van der Waals surface area contributed by atoms with Crippen molar-refractivity contribution >= 4 is 34.0 Å². The lowest BCUT2D eigenvalue weighted by atomic mass is 10.2. The van der Waals surface area contributed by atoms with E-state index in [0.717, 1.165) is 0 Å². The van der Waals surface area contributed by atoms with Crippen LogP contribution in [0.15, 0.2) is 39.9 Å². The topological polar surface area (TPSA) is 107 Å². The van der Waals surface area contributed by atoms with Crippen LogP contribution in [0.3, 0.4) is 0 Å². The van der Waals surface area contributed by atoms with Crippen molar-refractivity contribution in [3.63, 3.8) is 0 Å². The zero-order chi connectivity index (χ0) is 20.8. The Hall–Kier alpha value is -3.27. The predicted molar refractivity (Wildman–Crippen MR) is 108 cm³/mol. The number of amides is 2. The summed E-state index contributed by atoms with van der Waals surface area (Å²) in [5.41, 5.74) is 3.39. The van der Waals surface area contributed by atoms with Crippen LogP contribution in [0.1, 0.15) is 15.9 Å². The molecule has 2 aromatic carbocycles. The van der Waals surface area contributed by atoms with Gasteiger partial charge in [0.05, 0.1) is 31.5 Å². The number of carbonyl (C=O) groups excluding carboxylic acids is 2. The van der Waals surface area contributed by atoms with E-state index in [1.807, 2.05) is 0 Å². The van der Waals surface area contributed by atoms with Gasteiger partial charge in [-0.1, -0.05) is 0 Å². The second kappa shape index (κ2) is 9.28. The second-order valence-electron chi connectivity index (χ2n) is 5.78. The predicted octanol–water partition coefficient (Wildman–Crippen LogP) is 2.08. The summed E-state index contributed by atoms with van der Waals surface area (Å²) in [6.07, 6.45) is 1.45. The molecule has 1 aliphatic heterocycles. The average Bonchev–Trinajstić information content (AvgIpc) is 3.19. The standard InChI is InChI=1S/C19H18BrN3O6/c1-26-16-6-11(5-13(20)18(16)27-2)8-22-23-17(24)9-21-19(25)12-3-4-14-15(7-12)29-10-28-14/h3-8H,9-10H2,1-2H3,(H,21,25)(H,23,24)/b22-8-. The number of hydrogen-bond donors (Lipinski definition) is 2. The fourth-order valence-electron chi connectivity index (χ4n) is 2.53. The monoisotopic (exact) mass is 463 g/mol. The van der Waals surface area contributed by atoms with E-state index in [-0.39, 0.29) is 13.3 Å². The lowest BCUT2D eigenvalue weighted by Gasteiger charge is -2.10. The molecule has 0 spiro atoms. The molecule has 0 saturated heterocycles. The minimum Gasteiger partial charge on any atom is -0.493 e. The van der Waals surface area contributed by atoms with Gasteiger partial charge in [0.25, 0.3) is 11.8 Å². The van der Waals surface area contributed by atoms with Crippen LogP contribution in [0.2, 0.25) is 0 Å². The third-order valence-electron chi connectivity index (χ3n) is 3.90. The number of benzene rings is 2. The third kappa shape index (κ3) is 4.96. The lowest BCUT2D eigenvalue weighted by Crippen LogP contribution is -2.34. The highest BCUT2D eigenvalue weighted by Gasteiger charge is 2.16. The van der Waals surface area contributed by atoms with Crippen LogP contribution in [-0.4, -0.2) is 45.6 Å². The molecule has 1 aliphatic rings. The summed E-state index contributed by atoms with van der Waals surface area (Å²) in [6.45, 7) is -0.113. The molecule has 2 amide bonds. The number of hydrogen-bond acceptors (Lipinski definition) is 7. The summed E-state index contributed by atoms with van der Waals surface area (Å²) in [4.78, 5) is 24.1. The first-order chi connectivity index (χ1) is 14.0. The van der Waals surface area contributed by atoms with E-state index in [2.05, 4.69) is 31.8 Å². The van der Waals surface area contributed by atoms with Crippen LogP contribution in [-0.2, 0) is 4.79 Å². The number of nitrogens with zero attached hydrogens (tertiary/aromatic N) is 1. The number of rotatable bonds is 7. The summed E-state index contributed by atoms with van der Waals surface area (Å²) < 4.78 is 21.6. The Morgan fingerprint density at radius 3 is 2.72 bits per heavy atom. The maximum Gasteiger partial charge on any atom is 0.259 e. The molecule has 1 heterocycles. The third-order valence-corrected chi connectivity index (χ3v) is 4.49. The van der Waals surface area contributed by atoms with Crippen LogP contribution in [0.25, 0.3) is 0 Å². The van der Waals surface area contributed by atoms with Gasteiger partial charge in [-0.2, -0.15) is 5.10 Å².